The number of imidazole rings is 1. The summed E-state index contributed by atoms with van der Waals surface area (Å²) in [5, 5.41) is 0.841. The molecule has 0 saturated heterocycles. The SMILES string of the molecule is CSc1nc2cc(F)cnc2n1C. The molecule has 0 unspecified atom stereocenters. The van der Waals surface area contributed by atoms with E-state index in [-0.39, 0.29) is 5.82 Å². The molecule has 5 heteroatoms. The van der Waals surface area contributed by atoms with Crippen LogP contribution in [0.4, 0.5) is 4.39 Å². The summed E-state index contributed by atoms with van der Waals surface area (Å²) in [6, 6.07) is 1.39. The molecular weight excluding hydrogens is 189 g/mol. The maximum Gasteiger partial charge on any atom is 0.169 e. The van der Waals surface area contributed by atoms with Gasteiger partial charge in [-0.25, -0.2) is 14.4 Å². The fraction of sp³-hybridized carbons (Fsp3) is 0.250. The Morgan fingerprint density at radius 3 is 3.00 bits per heavy atom. The molecule has 0 N–H and O–H groups in total. The van der Waals surface area contributed by atoms with Crippen LogP contribution in [0.1, 0.15) is 0 Å². The van der Waals surface area contributed by atoms with Gasteiger partial charge in [0.15, 0.2) is 10.8 Å². The molecule has 0 radical (unpaired) electrons. The average Bonchev–Trinajstić information content (AvgIpc) is 2.42. The molecule has 0 atom stereocenters. The number of hydrogen-bond donors (Lipinski definition) is 0. The second-order valence-corrected chi connectivity index (χ2v) is 3.43. The third kappa shape index (κ3) is 1.29. The highest BCUT2D eigenvalue weighted by atomic mass is 32.2. The van der Waals surface area contributed by atoms with Crippen LogP contribution in [-0.4, -0.2) is 20.8 Å². The van der Waals surface area contributed by atoms with Crippen LogP contribution in [0.3, 0.4) is 0 Å². The molecular formula is C8H8FN3S. The highest BCUT2D eigenvalue weighted by Crippen LogP contribution is 2.19. The van der Waals surface area contributed by atoms with Gasteiger partial charge in [-0.1, -0.05) is 11.8 Å². The van der Waals surface area contributed by atoms with Gasteiger partial charge in [-0.2, -0.15) is 0 Å². The van der Waals surface area contributed by atoms with Crippen molar-refractivity contribution in [1.82, 2.24) is 14.5 Å². The molecule has 3 nitrogen and oxygen atoms in total. The van der Waals surface area contributed by atoms with Crippen LogP contribution in [0.15, 0.2) is 17.4 Å². The van der Waals surface area contributed by atoms with Gasteiger partial charge in [0.25, 0.3) is 0 Å². The third-order valence-corrected chi connectivity index (χ3v) is 2.55. The normalized spacial score (nSPS) is 11.0. The number of rotatable bonds is 1. The predicted octanol–water partition coefficient (Wildman–Crippen LogP) is 1.83. The van der Waals surface area contributed by atoms with Gasteiger partial charge in [0.1, 0.15) is 11.3 Å². The number of pyridine rings is 1. The first kappa shape index (κ1) is 8.50. The van der Waals surface area contributed by atoms with Crippen molar-refractivity contribution in [1.29, 1.82) is 0 Å². The first-order chi connectivity index (χ1) is 6.22. The Hall–Kier alpha value is -1.10. The molecule has 68 valence electrons. The summed E-state index contributed by atoms with van der Waals surface area (Å²) < 4.78 is 14.6. The number of hydrogen-bond acceptors (Lipinski definition) is 3. The quantitative estimate of drug-likeness (QED) is 0.653. The van der Waals surface area contributed by atoms with Crippen LogP contribution in [0.2, 0.25) is 0 Å². The Kier molecular flexibility index (Phi) is 1.95. The van der Waals surface area contributed by atoms with Gasteiger partial charge in [-0.15, -0.1) is 0 Å². The molecule has 0 aliphatic heterocycles. The number of halogens is 1. The molecule has 0 spiro atoms. The Balaban J connectivity index is 2.76. The maximum absolute atomic E-state index is 12.8. The van der Waals surface area contributed by atoms with E-state index in [2.05, 4.69) is 9.97 Å². The summed E-state index contributed by atoms with van der Waals surface area (Å²) in [7, 11) is 1.87. The van der Waals surface area contributed by atoms with Crippen LogP contribution < -0.4 is 0 Å². The second-order valence-electron chi connectivity index (χ2n) is 2.65. The standard InChI is InChI=1S/C8H8FN3S/c1-12-7-6(11-8(12)13-2)3-5(9)4-10-7/h3-4H,1-2H3. The summed E-state index contributed by atoms with van der Waals surface area (Å²) in [6.07, 6.45) is 3.13. The van der Waals surface area contributed by atoms with Crippen molar-refractivity contribution >= 4 is 22.9 Å². The minimum Gasteiger partial charge on any atom is -0.307 e. The zero-order valence-corrected chi connectivity index (χ0v) is 8.10. The summed E-state index contributed by atoms with van der Waals surface area (Å²) in [4.78, 5) is 8.18. The average molecular weight is 197 g/mol. The first-order valence-corrected chi connectivity index (χ1v) is 4.97. The van der Waals surface area contributed by atoms with Gasteiger partial charge in [-0.05, 0) is 6.26 Å². The smallest absolute Gasteiger partial charge is 0.169 e. The van der Waals surface area contributed by atoms with E-state index in [9.17, 15) is 4.39 Å². The van der Waals surface area contributed by atoms with Gasteiger partial charge < -0.3 is 4.57 Å². The monoisotopic (exact) mass is 197 g/mol. The summed E-state index contributed by atoms with van der Waals surface area (Å²) in [5.74, 6) is -0.349. The molecule has 13 heavy (non-hydrogen) atoms. The summed E-state index contributed by atoms with van der Waals surface area (Å²) in [6.45, 7) is 0. The fourth-order valence-electron chi connectivity index (χ4n) is 1.21. The third-order valence-electron chi connectivity index (χ3n) is 1.82. The zero-order valence-electron chi connectivity index (χ0n) is 7.28. The van der Waals surface area contributed by atoms with Crippen LogP contribution in [-0.2, 0) is 7.05 Å². The van der Waals surface area contributed by atoms with Gasteiger partial charge >= 0.3 is 0 Å². The van der Waals surface area contributed by atoms with Crippen molar-refractivity contribution in [2.24, 2.45) is 7.05 Å². The molecule has 0 amide bonds. The lowest BCUT2D eigenvalue weighted by atomic mass is 10.4. The summed E-state index contributed by atoms with van der Waals surface area (Å²) in [5.41, 5.74) is 1.32. The van der Waals surface area contributed by atoms with Crippen molar-refractivity contribution in [3.63, 3.8) is 0 Å². The fourth-order valence-corrected chi connectivity index (χ4v) is 1.76. The number of thioether (sulfide) groups is 1. The van der Waals surface area contributed by atoms with Crippen LogP contribution in [0, 0.1) is 5.82 Å². The van der Waals surface area contributed by atoms with Crippen LogP contribution >= 0.6 is 11.8 Å². The lowest BCUT2D eigenvalue weighted by Gasteiger charge is -1.95. The zero-order chi connectivity index (χ0) is 9.42. The van der Waals surface area contributed by atoms with Crippen molar-refractivity contribution in [3.8, 4) is 0 Å². The van der Waals surface area contributed by atoms with E-state index in [1.54, 1.807) is 0 Å². The van der Waals surface area contributed by atoms with Gasteiger partial charge in [0, 0.05) is 13.1 Å². The number of aryl methyl sites for hydroxylation is 1. The Morgan fingerprint density at radius 1 is 1.54 bits per heavy atom. The Morgan fingerprint density at radius 2 is 2.31 bits per heavy atom. The molecule has 0 bridgehead atoms. The molecule has 2 aromatic heterocycles. The van der Waals surface area contributed by atoms with E-state index >= 15 is 0 Å². The van der Waals surface area contributed by atoms with Gasteiger partial charge in [-0.3, -0.25) is 0 Å². The molecule has 0 aromatic carbocycles. The lowest BCUT2D eigenvalue weighted by Crippen LogP contribution is -1.91. The Bertz CT molecular complexity index is 452. The Labute approximate surface area is 79.0 Å². The minimum atomic E-state index is -0.349. The van der Waals surface area contributed by atoms with Crippen LogP contribution in [0.5, 0.6) is 0 Å². The van der Waals surface area contributed by atoms with Crippen molar-refractivity contribution in [2.75, 3.05) is 6.26 Å². The van der Waals surface area contributed by atoms with Gasteiger partial charge in [0.05, 0.1) is 6.20 Å². The molecule has 0 fully saturated rings. The second kappa shape index (κ2) is 2.99. The van der Waals surface area contributed by atoms with E-state index in [1.165, 1.54) is 24.0 Å². The van der Waals surface area contributed by atoms with Gasteiger partial charge in [0.2, 0.25) is 0 Å². The van der Waals surface area contributed by atoms with E-state index in [0.29, 0.717) is 11.2 Å². The number of aromatic nitrogens is 3. The van der Waals surface area contributed by atoms with E-state index in [1.807, 2.05) is 17.9 Å². The maximum atomic E-state index is 12.8. The predicted molar refractivity (Wildman–Crippen MR) is 50.2 cm³/mol. The van der Waals surface area contributed by atoms with Crippen LogP contribution in [0.25, 0.3) is 11.2 Å². The molecule has 0 aliphatic carbocycles. The van der Waals surface area contributed by atoms with E-state index in [4.69, 9.17) is 0 Å². The van der Waals surface area contributed by atoms with E-state index < -0.39 is 0 Å². The number of nitrogens with zero attached hydrogens (tertiary/aromatic N) is 3. The minimum absolute atomic E-state index is 0.349. The molecule has 0 aliphatic rings. The first-order valence-electron chi connectivity index (χ1n) is 3.74. The van der Waals surface area contributed by atoms with Crippen molar-refractivity contribution in [2.45, 2.75) is 5.16 Å². The van der Waals surface area contributed by atoms with E-state index in [0.717, 1.165) is 5.16 Å². The topological polar surface area (TPSA) is 30.7 Å². The molecule has 2 rings (SSSR count). The largest absolute Gasteiger partial charge is 0.307 e. The highest BCUT2D eigenvalue weighted by Gasteiger charge is 2.07. The molecule has 0 saturated carbocycles. The van der Waals surface area contributed by atoms with Crippen molar-refractivity contribution in [3.05, 3.63) is 18.1 Å². The van der Waals surface area contributed by atoms with Crippen molar-refractivity contribution < 1.29 is 4.39 Å². The molecule has 2 heterocycles. The number of fused-ring (bicyclic) bond motifs is 1. The summed E-state index contributed by atoms with van der Waals surface area (Å²) >= 11 is 1.52. The molecule has 2 aromatic rings. The highest BCUT2D eigenvalue weighted by molar-refractivity contribution is 7.98. The lowest BCUT2D eigenvalue weighted by molar-refractivity contribution is 0.623.